The molecule has 6 heteroatoms. The molecule has 0 aliphatic rings. The lowest BCUT2D eigenvalue weighted by Gasteiger charge is -2.23. The van der Waals surface area contributed by atoms with Crippen molar-refractivity contribution >= 4 is 28.8 Å². The number of hydrogen-bond acceptors (Lipinski definition) is 3. The third-order valence-electron chi connectivity index (χ3n) is 3.45. The first-order chi connectivity index (χ1) is 10.5. The Balaban J connectivity index is 1.84. The van der Waals surface area contributed by atoms with Gasteiger partial charge in [-0.3, -0.25) is 9.69 Å². The van der Waals surface area contributed by atoms with Gasteiger partial charge in [-0.25, -0.2) is 4.39 Å². The molecule has 0 bridgehead atoms. The molecule has 0 aliphatic heterocycles. The van der Waals surface area contributed by atoms with Crippen molar-refractivity contribution in [2.75, 3.05) is 7.05 Å². The average molecular weight is 341 g/mol. The van der Waals surface area contributed by atoms with E-state index < -0.39 is 0 Å². The topological polar surface area (TPSA) is 32.3 Å². The molecule has 0 radical (unpaired) electrons. The second-order valence-corrected chi connectivity index (χ2v) is 6.94. The molecule has 1 N–H and O–H groups in total. The van der Waals surface area contributed by atoms with Gasteiger partial charge >= 0.3 is 0 Å². The summed E-state index contributed by atoms with van der Waals surface area (Å²) in [6.45, 7) is 2.92. The number of hydrogen-bond donors (Lipinski definition) is 1. The second kappa shape index (κ2) is 7.72. The average Bonchev–Trinajstić information content (AvgIpc) is 2.90. The van der Waals surface area contributed by atoms with Crippen LogP contribution in [0.4, 0.5) is 4.39 Å². The summed E-state index contributed by atoms with van der Waals surface area (Å²) >= 11 is 7.42. The van der Waals surface area contributed by atoms with E-state index in [1.54, 1.807) is 12.1 Å². The van der Waals surface area contributed by atoms with Crippen LogP contribution in [-0.2, 0) is 17.9 Å². The van der Waals surface area contributed by atoms with Crippen LogP contribution in [0.1, 0.15) is 17.4 Å². The van der Waals surface area contributed by atoms with Crippen molar-refractivity contribution in [2.24, 2.45) is 0 Å². The first-order valence-electron chi connectivity index (χ1n) is 6.92. The predicted octanol–water partition coefficient (Wildman–Crippen LogP) is 3.68. The van der Waals surface area contributed by atoms with Crippen LogP contribution < -0.4 is 5.32 Å². The molecule has 0 aliphatic carbocycles. The number of halogens is 2. The highest BCUT2D eigenvalue weighted by atomic mass is 35.5. The number of nitrogens with one attached hydrogen (secondary N) is 1. The van der Waals surface area contributed by atoms with Gasteiger partial charge in [0, 0.05) is 18.0 Å². The number of benzene rings is 1. The van der Waals surface area contributed by atoms with Gasteiger partial charge in [0.15, 0.2) is 0 Å². The molecule has 1 aromatic carbocycles. The lowest BCUT2D eigenvalue weighted by Crippen LogP contribution is -2.42. The number of amides is 1. The number of carbonyl (C=O) groups is 1. The molecule has 0 spiro atoms. The van der Waals surface area contributed by atoms with E-state index in [0.29, 0.717) is 13.1 Å². The Kier molecular flexibility index (Phi) is 5.94. The van der Waals surface area contributed by atoms with Crippen molar-refractivity contribution in [3.63, 3.8) is 0 Å². The summed E-state index contributed by atoms with van der Waals surface area (Å²) < 4.78 is 13.6. The Morgan fingerprint density at radius 2 is 2.00 bits per heavy atom. The standard InChI is InChI=1S/C16H18ClFN2OS/c1-11(20(2)10-14-7-8-15(17)22-14)16(21)19-9-12-3-5-13(18)6-4-12/h3-8,11H,9-10H2,1-2H3,(H,19,21). The first kappa shape index (κ1) is 16.9. The van der Waals surface area contributed by atoms with Gasteiger partial charge in [0.1, 0.15) is 5.82 Å². The highest BCUT2D eigenvalue weighted by Gasteiger charge is 2.18. The van der Waals surface area contributed by atoms with Crippen LogP contribution in [0.15, 0.2) is 36.4 Å². The minimum atomic E-state index is -0.280. The van der Waals surface area contributed by atoms with Crippen molar-refractivity contribution < 1.29 is 9.18 Å². The molecule has 1 atom stereocenters. The fraction of sp³-hybridized carbons (Fsp3) is 0.312. The minimum absolute atomic E-state index is 0.0607. The zero-order valence-corrected chi connectivity index (χ0v) is 14.0. The Hall–Kier alpha value is -1.43. The van der Waals surface area contributed by atoms with E-state index in [1.165, 1.54) is 23.5 Å². The SMILES string of the molecule is CC(C(=O)NCc1ccc(F)cc1)N(C)Cc1ccc(Cl)s1. The van der Waals surface area contributed by atoms with Crippen molar-refractivity contribution in [1.29, 1.82) is 0 Å². The molecule has 2 rings (SSSR count). The maximum Gasteiger partial charge on any atom is 0.237 e. The maximum absolute atomic E-state index is 12.8. The van der Waals surface area contributed by atoms with Crippen LogP contribution in [0.25, 0.3) is 0 Å². The van der Waals surface area contributed by atoms with E-state index >= 15 is 0 Å². The number of thiophene rings is 1. The van der Waals surface area contributed by atoms with E-state index in [-0.39, 0.29) is 17.8 Å². The summed E-state index contributed by atoms with van der Waals surface area (Å²) in [6, 6.07) is 9.66. The third kappa shape index (κ3) is 4.80. The van der Waals surface area contributed by atoms with Crippen LogP contribution in [-0.4, -0.2) is 23.9 Å². The van der Waals surface area contributed by atoms with Crippen LogP contribution in [0, 0.1) is 5.82 Å². The van der Waals surface area contributed by atoms with Gasteiger partial charge in [-0.2, -0.15) is 0 Å². The summed E-state index contributed by atoms with van der Waals surface area (Å²) in [5.41, 5.74) is 0.870. The normalized spacial score (nSPS) is 12.4. The van der Waals surface area contributed by atoms with Crippen LogP contribution in [0.5, 0.6) is 0 Å². The molecule has 22 heavy (non-hydrogen) atoms. The van der Waals surface area contributed by atoms with Gasteiger partial charge < -0.3 is 5.32 Å². The molecule has 118 valence electrons. The van der Waals surface area contributed by atoms with Gasteiger partial charge in [0.05, 0.1) is 10.4 Å². The van der Waals surface area contributed by atoms with Crippen molar-refractivity contribution in [3.05, 3.63) is 57.0 Å². The molecule has 0 saturated carbocycles. The maximum atomic E-state index is 12.8. The first-order valence-corrected chi connectivity index (χ1v) is 8.12. The van der Waals surface area contributed by atoms with Gasteiger partial charge in [0.25, 0.3) is 0 Å². The summed E-state index contributed by atoms with van der Waals surface area (Å²) in [4.78, 5) is 15.2. The van der Waals surface area contributed by atoms with Crippen molar-refractivity contribution in [2.45, 2.75) is 26.1 Å². The summed E-state index contributed by atoms with van der Waals surface area (Å²) in [5, 5.41) is 2.86. The summed E-state index contributed by atoms with van der Waals surface area (Å²) in [6.07, 6.45) is 0. The Morgan fingerprint density at radius 3 is 2.59 bits per heavy atom. The van der Waals surface area contributed by atoms with Gasteiger partial charge in [-0.1, -0.05) is 23.7 Å². The van der Waals surface area contributed by atoms with E-state index in [9.17, 15) is 9.18 Å². The second-order valence-electron chi connectivity index (χ2n) is 5.14. The highest BCUT2D eigenvalue weighted by molar-refractivity contribution is 7.16. The highest BCUT2D eigenvalue weighted by Crippen LogP contribution is 2.22. The number of likely N-dealkylation sites (N-methyl/N-ethyl adjacent to an activating group) is 1. The van der Waals surface area contributed by atoms with E-state index in [4.69, 9.17) is 11.6 Å². The monoisotopic (exact) mass is 340 g/mol. The van der Waals surface area contributed by atoms with E-state index in [0.717, 1.165) is 14.8 Å². The zero-order chi connectivity index (χ0) is 16.1. The molecule has 1 heterocycles. The Bertz CT molecular complexity index is 629. The molecule has 0 saturated heterocycles. The van der Waals surface area contributed by atoms with Gasteiger partial charge in [-0.05, 0) is 43.8 Å². The number of nitrogens with zero attached hydrogens (tertiary/aromatic N) is 1. The predicted molar refractivity (Wildman–Crippen MR) is 88.5 cm³/mol. The molecule has 0 fully saturated rings. The molecule has 1 aromatic heterocycles. The quantitative estimate of drug-likeness (QED) is 0.870. The van der Waals surface area contributed by atoms with Gasteiger partial charge in [-0.15, -0.1) is 11.3 Å². The fourth-order valence-electron chi connectivity index (χ4n) is 1.96. The lowest BCUT2D eigenvalue weighted by atomic mass is 10.2. The molecular formula is C16H18ClFN2OS. The van der Waals surface area contributed by atoms with Crippen LogP contribution in [0.3, 0.4) is 0 Å². The third-order valence-corrected chi connectivity index (χ3v) is 4.67. The minimum Gasteiger partial charge on any atom is -0.351 e. The Labute approximate surface area is 138 Å². The smallest absolute Gasteiger partial charge is 0.237 e. The fourth-order valence-corrected chi connectivity index (χ4v) is 3.11. The molecule has 3 nitrogen and oxygen atoms in total. The zero-order valence-electron chi connectivity index (χ0n) is 12.5. The number of rotatable bonds is 6. The lowest BCUT2D eigenvalue weighted by molar-refractivity contribution is -0.125. The Morgan fingerprint density at radius 1 is 1.32 bits per heavy atom. The number of carbonyl (C=O) groups excluding carboxylic acids is 1. The van der Waals surface area contributed by atoms with E-state index in [1.807, 2.05) is 31.0 Å². The largest absolute Gasteiger partial charge is 0.351 e. The molecule has 1 unspecified atom stereocenters. The van der Waals surface area contributed by atoms with Gasteiger partial charge in [0.2, 0.25) is 5.91 Å². The van der Waals surface area contributed by atoms with Crippen molar-refractivity contribution in [1.82, 2.24) is 10.2 Å². The van der Waals surface area contributed by atoms with Crippen LogP contribution >= 0.6 is 22.9 Å². The molecule has 2 aromatic rings. The molecule has 1 amide bonds. The van der Waals surface area contributed by atoms with Crippen LogP contribution in [0.2, 0.25) is 4.34 Å². The summed E-state index contributed by atoms with van der Waals surface area (Å²) in [5.74, 6) is -0.340. The van der Waals surface area contributed by atoms with Crippen molar-refractivity contribution in [3.8, 4) is 0 Å². The summed E-state index contributed by atoms with van der Waals surface area (Å²) in [7, 11) is 1.90. The van der Waals surface area contributed by atoms with E-state index in [2.05, 4.69) is 5.32 Å². The molecular weight excluding hydrogens is 323 g/mol.